The quantitative estimate of drug-likeness (QED) is 0.844. The lowest BCUT2D eigenvalue weighted by atomic mass is 10.0. The van der Waals surface area contributed by atoms with Crippen molar-refractivity contribution in [3.8, 4) is 0 Å². The van der Waals surface area contributed by atoms with Crippen LogP contribution in [0.5, 0.6) is 0 Å². The first-order valence-corrected chi connectivity index (χ1v) is 7.47. The maximum Gasteiger partial charge on any atom is 0.407 e. The second-order valence-corrected chi connectivity index (χ2v) is 5.31. The molecule has 0 aliphatic carbocycles. The van der Waals surface area contributed by atoms with E-state index in [0.29, 0.717) is 6.42 Å². The first-order valence-electron chi connectivity index (χ1n) is 7.47. The lowest BCUT2D eigenvalue weighted by Crippen LogP contribution is -2.41. The molecule has 2 rings (SSSR count). The van der Waals surface area contributed by atoms with Crippen molar-refractivity contribution in [2.24, 2.45) is 0 Å². The molecule has 1 aliphatic heterocycles. The standard InChI is InChI=1S/C16H23NO4/c18-11-14(10-15-8-4-5-9-20-15)17-16(19)21-12-13-6-2-1-3-7-13/h1-3,6-7,14-15,18H,4-5,8-12H2,(H,17,19). The Labute approximate surface area is 125 Å². The maximum absolute atomic E-state index is 11.7. The Kier molecular flexibility index (Phi) is 6.50. The van der Waals surface area contributed by atoms with E-state index in [9.17, 15) is 9.90 Å². The van der Waals surface area contributed by atoms with Crippen LogP contribution in [0.3, 0.4) is 0 Å². The molecule has 2 unspecified atom stereocenters. The van der Waals surface area contributed by atoms with Gasteiger partial charge >= 0.3 is 6.09 Å². The molecular weight excluding hydrogens is 270 g/mol. The Bertz CT molecular complexity index is 418. The van der Waals surface area contributed by atoms with Crippen LogP contribution in [0, 0.1) is 0 Å². The monoisotopic (exact) mass is 293 g/mol. The Morgan fingerprint density at radius 1 is 1.38 bits per heavy atom. The van der Waals surface area contributed by atoms with Crippen LogP contribution in [0.15, 0.2) is 30.3 Å². The second kappa shape index (κ2) is 8.64. The fourth-order valence-electron chi connectivity index (χ4n) is 2.42. The molecule has 1 heterocycles. The molecule has 1 fully saturated rings. The van der Waals surface area contributed by atoms with Crippen molar-refractivity contribution < 1.29 is 19.4 Å². The van der Waals surface area contributed by atoms with Gasteiger partial charge in [0.25, 0.3) is 0 Å². The highest BCUT2D eigenvalue weighted by molar-refractivity contribution is 5.67. The summed E-state index contributed by atoms with van der Waals surface area (Å²) in [4.78, 5) is 11.7. The van der Waals surface area contributed by atoms with Gasteiger partial charge in [-0.05, 0) is 31.2 Å². The van der Waals surface area contributed by atoms with Gasteiger partial charge in [-0.1, -0.05) is 30.3 Å². The highest BCUT2D eigenvalue weighted by Gasteiger charge is 2.20. The molecule has 116 valence electrons. The van der Waals surface area contributed by atoms with E-state index in [1.165, 1.54) is 0 Å². The zero-order valence-electron chi connectivity index (χ0n) is 12.2. The van der Waals surface area contributed by atoms with Gasteiger partial charge in [0.15, 0.2) is 0 Å². The van der Waals surface area contributed by atoms with Crippen LogP contribution in [0.1, 0.15) is 31.2 Å². The van der Waals surface area contributed by atoms with E-state index in [1.807, 2.05) is 30.3 Å². The molecule has 1 aliphatic rings. The summed E-state index contributed by atoms with van der Waals surface area (Å²) in [6.45, 7) is 0.881. The van der Waals surface area contributed by atoms with Crippen molar-refractivity contribution in [2.75, 3.05) is 13.2 Å². The van der Waals surface area contributed by atoms with Gasteiger partial charge in [-0.15, -0.1) is 0 Å². The average Bonchev–Trinajstić information content (AvgIpc) is 2.54. The molecule has 2 N–H and O–H groups in total. The minimum absolute atomic E-state index is 0.111. The van der Waals surface area contributed by atoms with E-state index in [0.717, 1.165) is 31.4 Å². The van der Waals surface area contributed by atoms with Gasteiger partial charge in [-0.3, -0.25) is 0 Å². The van der Waals surface area contributed by atoms with Crippen LogP contribution in [0.4, 0.5) is 4.79 Å². The summed E-state index contributed by atoms with van der Waals surface area (Å²) in [5.41, 5.74) is 0.934. The van der Waals surface area contributed by atoms with Gasteiger partial charge in [0, 0.05) is 6.61 Å². The zero-order chi connectivity index (χ0) is 14.9. The summed E-state index contributed by atoms with van der Waals surface area (Å²) in [6, 6.07) is 9.17. The van der Waals surface area contributed by atoms with Crippen molar-refractivity contribution in [1.82, 2.24) is 5.32 Å². The first-order chi connectivity index (χ1) is 10.3. The molecule has 0 spiro atoms. The smallest absolute Gasteiger partial charge is 0.407 e. The predicted molar refractivity (Wildman–Crippen MR) is 78.8 cm³/mol. The van der Waals surface area contributed by atoms with E-state index in [2.05, 4.69) is 5.32 Å². The topological polar surface area (TPSA) is 67.8 Å². The largest absolute Gasteiger partial charge is 0.445 e. The average molecular weight is 293 g/mol. The van der Waals surface area contributed by atoms with E-state index in [1.54, 1.807) is 0 Å². The third-order valence-corrected chi connectivity index (χ3v) is 3.58. The fraction of sp³-hybridized carbons (Fsp3) is 0.562. The lowest BCUT2D eigenvalue weighted by molar-refractivity contribution is 0.00110. The Balaban J connectivity index is 1.71. The molecule has 0 aromatic heterocycles. The number of carbonyl (C=O) groups is 1. The van der Waals surface area contributed by atoms with E-state index >= 15 is 0 Å². The molecule has 5 heteroatoms. The number of aliphatic hydroxyl groups excluding tert-OH is 1. The molecule has 0 bridgehead atoms. The summed E-state index contributed by atoms with van der Waals surface area (Å²) in [5, 5.41) is 12.1. The minimum Gasteiger partial charge on any atom is -0.445 e. The van der Waals surface area contributed by atoms with Crippen molar-refractivity contribution >= 4 is 6.09 Å². The highest BCUT2D eigenvalue weighted by Crippen LogP contribution is 2.17. The fourth-order valence-corrected chi connectivity index (χ4v) is 2.42. The number of rotatable bonds is 6. The first kappa shape index (κ1) is 15.8. The van der Waals surface area contributed by atoms with Gasteiger partial charge in [0.2, 0.25) is 0 Å². The number of amides is 1. The van der Waals surface area contributed by atoms with Crippen molar-refractivity contribution in [3.05, 3.63) is 35.9 Å². The molecule has 21 heavy (non-hydrogen) atoms. The summed E-state index contributed by atoms with van der Waals surface area (Å²) in [6.07, 6.45) is 3.45. The molecule has 1 aromatic rings. The third kappa shape index (κ3) is 5.73. The number of ether oxygens (including phenoxy) is 2. The normalized spacial score (nSPS) is 19.8. The SMILES string of the molecule is O=C(NC(CO)CC1CCCCO1)OCc1ccccc1. The number of hydrogen-bond donors (Lipinski definition) is 2. The highest BCUT2D eigenvalue weighted by atomic mass is 16.5. The predicted octanol–water partition coefficient (Wildman–Crippen LogP) is 2.23. The van der Waals surface area contributed by atoms with E-state index in [-0.39, 0.29) is 25.4 Å². The van der Waals surface area contributed by atoms with Gasteiger partial charge in [0.05, 0.1) is 18.8 Å². The zero-order valence-corrected chi connectivity index (χ0v) is 12.2. The molecule has 0 saturated carbocycles. The van der Waals surface area contributed by atoms with Crippen molar-refractivity contribution in [2.45, 2.75) is 44.4 Å². The third-order valence-electron chi connectivity index (χ3n) is 3.58. The van der Waals surface area contributed by atoms with Gasteiger partial charge in [0.1, 0.15) is 6.61 Å². The van der Waals surface area contributed by atoms with E-state index < -0.39 is 6.09 Å². The Hall–Kier alpha value is -1.59. The Morgan fingerprint density at radius 3 is 2.86 bits per heavy atom. The number of alkyl carbamates (subject to hydrolysis) is 1. The number of hydrogen-bond acceptors (Lipinski definition) is 4. The number of nitrogens with one attached hydrogen (secondary N) is 1. The minimum atomic E-state index is -0.506. The lowest BCUT2D eigenvalue weighted by Gasteiger charge is -2.26. The second-order valence-electron chi connectivity index (χ2n) is 5.31. The van der Waals surface area contributed by atoms with Crippen LogP contribution >= 0.6 is 0 Å². The molecule has 0 radical (unpaired) electrons. The molecule has 5 nitrogen and oxygen atoms in total. The summed E-state index contributed by atoms with van der Waals surface area (Å²) in [5.74, 6) is 0. The van der Waals surface area contributed by atoms with Crippen LogP contribution in [-0.4, -0.2) is 36.6 Å². The van der Waals surface area contributed by atoms with Gasteiger partial charge < -0.3 is 19.9 Å². The molecule has 1 aromatic carbocycles. The van der Waals surface area contributed by atoms with Crippen LogP contribution in [-0.2, 0) is 16.1 Å². The van der Waals surface area contributed by atoms with Gasteiger partial charge in [-0.2, -0.15) is 0 Å². The number of benzene rings is 1. The van der Waals surface area contributed by atoms with Crippen LogP contribution in [0.25, 0.3) is 0 Å². The summed E-state index contributed by atoms with van der Waals surface area (Å²) in [7, 11) is 0. The molecule has 2 atom stereocenters. The van der Waals surface area contributed by atoms with Crippen LogP contribution in [0.2, 0.25) is 0 Å². The Morgan fingerprint density at radius 2 is 2.19 bits per heavy atom. The van der Waals surface area contributed by atoms with Crippen LogP contribution < -0.4 is 5.32 Å². The molecule has 1 saturated heterocycles. The summed E-state index contributed by atoms with van der Waals surface area (Å²) < 4.78 is 10.8. The van der Waals surface area contributed by atoms with Crippen molar-refractivity contribution in [3.63, 3.8) is 0 Å². The van der Waals surface area contributed by atoms with Gasteiger partial charge in [-0.25, -0.2) is 4.79 Å². The molecule has 1 amide bonds. The van der Waals surface area contributed by atoms with Crippen molar-refractivity contribution in [1.29, 1.82) is 0 Å². The number of aliphatic hydroxyl groups is 1. The summed E-state index contributed by atoms with van der Waals surface area (Å²) >= 11 is 0. The van der Waals surface area contributed by atoms with E-state index in [4.69, 9.17) is 9.47 Å². The molecular formula is C16H23NO4. The number of carbonyl (C=O) groups excluding carboxylic acids is 1. The maximum atomic E-state index is 11.7.